The Labute approximate surface area is 131 Å². The van der Waals surface area contributed by atoms with Crippen LogP contribution in [0.25, 0.3) is 11.3 Å². The highest BCUT2D eigenvalue weighted by atomic mass is 19.1. The number of hydrazone groups is 1. The van der Waals surface area contributed by atoms with Gasteiger partial charge < -0.3 is 4.42 Å². The lowest BCUT2D eigenvalue weighted by atomic mass is 10.1. The highest BCUT2D eigenvalue weighted by Gasteiger charge is 2.08. The lowest BCUT2D eigenvalue weighted by molar-refractivity contribution is 0.0955. The van der Waals surface area contributed by atoms with Crippen LogP contribution in [-0.4, -0.2) is 17.1 Å². The minimum absolute atomic E-state index is 0.366. The summed E-state index contributed by atoms with van der Waals surface area (Å²) in [6, 6.07) is 12.9. The van der Waals surface area contributed by atoms with E-state index in [0.29, 0.717) is 22.6 Å². The molecule has 0 bridgehead atoms. The van der Waals surface area contributed by atoms with Crippen molar-refractivity contribution >= 4 is 12.1 Å². The van der Waals surface area contributed by atoms with Crippen LogP contribution in [0.1, 0.15) is 16.1 Å². The van der Waals surface area contributed by atoms with Gasteiger partial charge in [-0.3, -0.25) is 9.78 Å². The summed E-state index contributed by atoms with van der Waals surface area (Å²) in [5.74, 6) is 0.0447. The van der Waals surface area contributed by atoms with E-state index < -0.39 is 0 Å². The molecule has 0 fully saturated rings. The van der Waals surface area contributed by atoms with Crippen LogP contribution < -0.4 is 5.43 Å². The molecule has 0 aliphatic carbocycles. The van der Waals surface area contributed by atoms with Crippen LogP contribution in [-0.2, 0) is 0 Å². The van der Waals surface area contributed by atoms with E-state index >= 15 is 0 Å². The van der Waals surface area contributed by atoms with Crippen LogP contribution in [0.4, 0.5) is 4.39 Å². The van der Waals surface area contributed by atoms with Crippen LogP contribution in [0.15, 0.2) is 70.4 Å². The summed E-state index contributed by atoms with van der Waals surface area (Å²) in [5, 5.41) is 3.81. The SMILES string of the molecule is O=C(N/N=C/c1ccc(-c2ccccc2F)o1)c1cccnc1. The topological polar surface area (TPSA) is 67.5 Å². The Morgan fingerprint density at radius 3 is 2.83 bits per heavy atom. The van der Waals surface area contributed by atoms with Crippen molar-refractivity contribution in [3.63, 3.8) is 0 Å². The maximum absolute atomic E-state index is 13.7. The number of hydrogen-bond acceptors (Lipinski definition) is 4. The van der Waals surface area contributed by atoms with Gasteiger partial charge in [-0.15, -0.1) is 0 Å². The van der Waals surface area contributed by atoms with E-state index in [9.17, 15) is 9.18 Å². The third-order valence-corrected chi connectivity index (χ3v) is 3.05. The molecule has 1 N–H and O–H groups in total. The molecule has 0 aliphatic rings. The second-order valence-corrected chi connectivity index (χ2v) is 4.62. The maximum Gasteiger partial charge on any atom is 0.272 e. The fraction of sp³-hybridized carbons (Fsp3) is 0. The lowest BCUT2D eigenvalue weighted by Crippen LogP contribution is -2.17. The third kappa shape index (κ3) is 3.49. The van der Waals surface area contributed by atoms with Crippen LogP contribution in [0.5, 0.6) is 0 Å². The number of benzene rings is 1. The van der Waals surface area contributed by atoms with E-state index in [-0.39, 0.29) is 11.7 Å². The Morgan fingerprint density at radius 1 is 1.17 bits per heavy atom. The molecule has 0 spiro atoms. The summed E-state index contributed by atoms with van der Waals surface area (Å²) in [6.07, 6.45) is 4.36. The predicted molar refractivity (Wildman–Crippen MR) is 83.4 cm³/mol. The first kappa shape index (κ1) is 14.6. The van der Waals surface area contributed by atoms with Gasteiger partial charge in [0.2, 0.25) is 0 Å². The first-order valence-electron chi connectivity index (χ1n) is 6.82. The number of carbonyl (C=O) groups excluding carboxylic acids is 1. The molecule has 0 atom stereocenters. The van der Waals surface area contributed by atoms with Crippen molar-refractivity contribution in [1.82, 2.24) is 10.4 Å². The Bertz CT molecular complexity index is 844. The summed E-state index contributed by atoms with van der Waals surface area (Å²) in [6.45, 7) is 0. The van der Waals surface area contributed by atoms with Gasteiger partial charge in [-0.25, -0.2) is 9.82 Å². The van der Waals surface area contributed by atoms with Crippen molar-refractivity contribution in [2.75, 3.05) is 0 Å². The van der Waals surface area contributed by atoms with Gasteiger partial charge in [0.1, 0.15) is 17.3 Å². The molecule has 0 radical (unpaired) electrons. The molecule has 2 aromatic heterocycles. The van der Waals surface area contributed by atoms with Gasteiger partial charge in [0, 0.05) is 12.4 Å². The zero-order valence-corrected chi connectivity index (χ0v) is 11.9. The molecule has 5 nitrogen and oxygen atoms in total. The average molecular weight is 309 g/mol. The van der Waals surface area contributed by atoms with E-state index in [1.165, 1.54) is 18.5 Å². The van der Waals surface area contributed by atoms with Crippen molar-refractivity contribution < 1.29 is 13.6 Å². The molecule has 0 unspecified atom stereocenters. The summed E-state index contributed by atoms with van der Waals surface area (Å²) in [7, 11) is 0. The van der Waals surface area contributed by atoms with Gasteiger partial charge in [-0.2, -0.15) is 5.10 Å². The number of nitrogens with one attached hydrogen (secondary N) is 1. The number of pyridine rings is 1. The smallest absolute Gasteiger partial charge is 0.272 e. The Balaban J connectivity index is 1.68. The monoisotopic (exact) mass is 309 g/mol. The largest absolute Gasteiger partial charge is 0.455 e. The van der Waals surface area contributed by atoms with Crippen molar-refractivity contribution in [2.24, 2.45) is 5.10 Å². The van der Waals surface area contributed by atoms with E-state index in [1.807, 2.05) is 0 Å². The fourth-order valence-electron chi connectivity index (χ4n) is 1.94. The standard InChI is InChI=1S/C17H12FN3O2/c18-15-6-2-1-5-14(15)16-8-7-13(23-16)11-20-21-17(22)12-4-3-9-19-10-12/h1-11H,(H,21,22)/b20-11+. The first-order chi connectivity index (χ1) is 11.2. The first-order valence-corrected chi connectivity index (χ1v) is 6.82. The van der Waals surface area contributed by atoms with E-state index in [2.05, 4.69) is 15.5 Å². The minimum Gasteiger partial charge on any atom is -0.455 e. The highest BCUT2D eigenvalue weighted by molar-refractivity contribution is 5.94. The second kappa shape index (κ2) is 6.65. The number of hydrogen-bond donors (Lipinski definition) is 1. The van der Waals surface area contributed by atoms with Crippen molar-refractivity contribution in [3.05, 3.63) is 78.1 Å². The number of nitrogens with zero attached hydrogens (tertiary/aromatic N) is 2. The summed E-state index contributed by atoms with van der Waals surface area (Å²) >= 11 is 0. The molecule has 1 amide bonds. The van der Waals surface area contributed by atoms with Crippen LogP contribution in [0.3, 0.4) is 0 Å². The van der Waals surface area contributed by atoms with Crippen molar-refractivity contribution in [2.45, 2.75) is 0 Å². The van der Waals surface area contributed by atoms with E-state index in [0.717, 1.165) is 0 Å². The molecule has 0 saturated heterocycles. The molecule has 3 aromatic rings. The Kier molecular flexibility index (Phi) is 4.24. The quantitative estimate of drug-likeness (QED) is 0.594. The molecule has 0 saturated carbocycles. The van der Waals surface area contributed by atoms with Gasteiger partial charge in [0.05, 0.1) is 17.3 Å². The average Bonchev–Trinajstić information content (AvgIpc) is 3.04. The van der Waals surface area contributed by atoms with Crippen molar-refractivity contribution in [3.8, 4) is 11.3 Å². The van der Waals surface area contributed by atoms with Crippen LogP contribution in [0.2, 0.25) is 0 Å². The van der Waals surface area contributed by atoms with Gasteiger partial charge in [0.25, 0.3) is 5.91 Å². The van der Waals surface area contributed by atoms with Crippen LogP contribution in [0, 0.1) is 5.82 Å². The number of rotatable bonds is 4. The molecule has 1 aromatic carbocycles. The van der Waals surface area contributed by atoms with Gasteiger partial charge in [0.15, 0.2) is 0 Å². The minimum atomic E-state index is -0.379. The fourth-order valence-corrected chi connectivity index (χ4v) is 1.94. The number of amides is 1. The molecule has 3 rings (SSSR count). The molecule has 23 heavy (non-hydrogen) atoms. The summed E-state index contributed by atoms with van der Waals surface area (Å²) < 4.78 is 19.2. The maximum atomic E-state index is 13.7. The second-order valence-electron chi connectivity index (χ2n) is 4.62. The number of aromatic nitrogens is 1. The number of halogens is 1. The molecule has 2 heterocycles. The number of carbonyl (C=O) groups is 1. The van der Waals surface area contributed by atoms with Gasteiger partial charge in [-0.1, -0.05) is 12.1 Å². The molecular weight excluding hydrogens is 297 g/mol. The third-order valence-electron chi connectivity index (χ3n) is 3.05. The Morgan fingerprint density at radius 2 is 2.04 bits per heavy atom. The highest BCUT2D eigenvalue weighted by Crippen LogP contribution is 2.24. The van der Waals surface area contributed by atoms with E-state index in [1.54, 1.807) is 48.7 Å². The number of furan rings is 1. The predicted octanol–water partition coefficient (Wildman–Crippen LogP) is 3.24. The zero-order chi connectivity index (χ0) is 16.1. The van der Waals surface area contributed by atoms with Crippen molar-refractivity contribution in [1.29, 1.82) is 0 Å². The Hall–Kier alpha value is -3.28. The van der Waals surface area contributed by atoms with Gasteiger partial charge >= 0.3 is 0 Å². The molecule has 6 heteroatoms. The summed E-state index contributed by atoms with van der Waals surface area (Å²) in [5.41, 5.74) is 3.13. The molecule has 114 valence electrons. The zero-order valence-electron chi connectivity index (χ0n) is 11.9. The summed E-state index contributed by atoms with van der Waals surface area (Å²) in [4.78, 5) is 15.6. The normalized spacial score (nSPS) is 10.8. The van der Waals surface area contributed by atoms with Crippen LogP contribution >= 0.6 is 0 Å². The van der Waals surface area contributed by atoms with Gasteiger partial charge in [-0.05, 0) is 36.4 Å². The lowest BCUT2D eigenvalue weighted by Gasteiger charge is -1.98. The molecule has 0 aliphatic heterocycles. The molecular formula is C17H12FN3O2. The van der Waals surface area contributed by atoms with E-state index in [4.69, 9.17) is 4.42 Å².